The molecule has 6 nitrogen and oxygen atoms in total. The molecule has 0 aliphatic rings. The number of esters is 1. The van der Waals surface area contributed by atoms with Crippen molar-refractivity contribution in [3.05, 3.63) is 120 Å². The van der Waals surface area contributed by atoms with Crippen LogP contribution >= 0.6 is 0 Å². The molecule has 3 aromatic carbocycles. The summed E-state index contributed by atoms with van der Waals surface area (Å²) in [5.74, 6) is -0.903. The van der Waals surface area contributed by atoms with E-state index in [4.69, 9.17) is 9.26 Å². The molecular weight excluding hydrogens is 404 g/mol. The number of nitrogens with zero attached hydrogens (tertiary/aromatic N) is 1. The maximum atomic E-state index is 13.5. The number of amides is 1. The zero-order valence-corrected chi connectivity index (χ0v) is 17.5. The van der Waals surface area contributed by atoms with Crippen LogP contribution in [-0.2, 0) is 14.3 Å². The summed E-state index contributed by atoms with van der Waals surface area (Å²) in [6.07, 6.45) is -1.16. The summed E-state index contributed by atoms with van der Waals surface area (Å²) in [7, 11) is 0. The van der Waals surface area contributed by atoms with Gasteiger partial charge in [0, 0.05) is 11.6 Å². The topological polar surface area (TPSA) is 81.4 Å². The fourth-order valence-electron chi connectivity index (χ4n) is 3.46. The fourth-order valence-corrected chi connectivity index (χ4v) is 3.46. The quantitative estimate of drug-likeness (QED) is 0.419. The lowest BCUT2D eigenvalue weighted by molar-refractivity contribution is -0.155. The van der Waals surface area contributed by atoms with Crippen LogP contribution in [0.5, 0.6) is 0 Å². The highest BCUT2D eigenvalue weighted by Gasteiger charge is 2.31. The van der Waals surface area contributed by atoms with Gasteiger partial charge < -0.3 is 14.6 Å². The van der Waals surface area contributed by atoms with Gasteiger partial charge in [-0.2, -0.15) is 0 Å². The van der Waals surface area contributed by atoms with Crippen molar-refractivity contribution in [2.24, 2.45) is 0 Å². The highest BCUT2D eigenvalue weighted by molar-refractivity contribution is 5.96. The molecular formula is C26H22N2O4. The number of carbonyl (C=O) groups is 2. The molecule has 4 rings (SSSR count). The normalized spacial score (nSPS) is 11.7. The molecule has 0 saturated heterocycles. The Bertz CT molecular complexity index is 1130. The number of aromatic nitrogens is 1. The lowest BCUT2D eigenvalue weighted by Crippen LogP contribution is -2.28. The molecule has 6 heteroatoms. The van der Waals surface area contributed by atoms with Crippen molar-refractivity contribution in [3.63, 3.8) is 0 Å². The average Bonchev–Trinajstić information content (AvgIpc) is 3.24. The number of carbonyl (C=O) groups excluding carboxylic acids is 2. The van der Waals surface area contributed by atoms with E-state index in [1.165, 1.54) is 0 Å². The van der Waals surface area contributed by atoms with Crippen molar-refractivity contribution in [1.82, 2.24) is 5.16 Å². The predicted octanol–water partition coefficient (Wildman–Crippen LogP) is 5.04. The van der Waals surface area contributed by atoms with Gasteiger partial charge in [0.15, 0.2) is 5.82 Å². The minimum Gasteiger partial charge on any atom is -0.447 e. The number of aryl methyl sites for hydroxylation is 1. The van der Waals surface area contributed by atoms with Crippen LogP contribution in [-0.4, -0.2) is 17.0 Å². The molecule has 160 valence electrons. The van der Waals surface area contributed by atoms with Crippen molar-refractivity contribution in [2.45, 2.75) is 18.9 Å². The molecule has 0 bridgehead atoms. The highest BCUT2D eigenvalue weighted by atomic mass is 16.5. The van der Waals surface area contributed by atoms with Gasteiger partial charge in [0.1, 0.15) is 11.7 Å². The molecule has 0 saturated carbocycles. The summed E-state index contributed by atoms with van der Waals surface area (Å²) >= 11 is 0. The first-order valence-electron chi connectivity index (χ1n) is 10.2. The molecule has 1 heterocycles. The van der Waals surface area contributed by atoms with Crippen LogP contribution < -0.4 is 5.32 Å². The molecule has 1 amide bonds. The molecule has 0 aliphatic carbocycles. The van der Waals surface area contributed by atoms with E-state index in [0.29, 0.717) is 11.3 Å². The van der Waals surface area contributed by atoms with Crippen LogP contribution in [0.4, 0.5) is 5.82 Å². The highest BCUT2D eigenvalue weighted by Crippen LogP contribution is 2.29. The Labute approximate surface area is 185 Å². The average molecular weight is 426 g/mol. The second kappa shape index (κ2) is 9.75. The van der Waals surface area contributed by atoms with Crippen LogP contribution in [0.1, 0.15) is 34.5 Å². The molecule has 1 atom stereocenters. The number of rotatable bonds is 7. The second-order valence-corrected chi connectivity index (χ2v) is 7.29. The molecule has 0 aliphatic heterocycles. The summed E-state index contributed by atoms with van der Waals surface area (Å²) in [6.45, 7) is 1.72. The van der Waals surface area contributed by atoms with Gasteiger partial charge >= 0.3 is 5.97 Å². The third-order valence-electron chi connectivity index (χ3n) is 4.96. The molecule has 0 fully saturated rings. The van der Waals surface area contributed by atoms with E-state index in [2.05, 4.69) is 10.5 Å². The van der Waals surface area contributed by atoms with Gasteiger partial charge in [0.2, 0.25) is 6.10 Å². The van der Waals surface area contributed by atoms with Gasteiger partial charge in [-0.3, -0.25) is 9.59 Å². The first-order valence-corrected chi connectivity index (χ1v) is 10.2. The van der Waals surface area contributed by atoms with Crippen LogP contribution in [0.3, 0.4) is 0 Å². The SMILES string of the molecule is Cc1cc(NC(=O)C(OC(=O)C(c2ccccc2)c2ccccc2)c2ccccc2)no1. The summed E-state index contributed by atoms with van der Waals surface area (Å²) < 4.78 is 10.9. The maximum absolute atomic E-state index is 13.5. The third-order valence-corrected chi connectivity index (χ3v) is 4.96. The van der Waals surface area contributed by atoms with E-state index in [9.17, 15) is 9.59 Å². The Morgan fingerprint density at radius 2 is 1.31 bits per heavy atom. The third kappa shape index (κ3) is 4.92. The summed E-state index contributed by atoms with van der Waals surface area (Å²) in [5, 5.41) is 6.46. The number of hydrogen-bond acceptors (Lipinski definition) is 5. The van der Waals surface area contributed by atoms with E-state index in [1.807, 2.05) is 66.7 Å². The van der Waals surface area contributed by atoms with Crippen LogP contribution in [0.15, 0.2) is 102 Å². The van der Waals surface area contributed by atoms with Gasteiger partial charge in [-0.15, -0.1) is 0 Å². The van der Waals surface area contributed by atoms with Gasteiger partial charge in [0.05, 0.1) is 0 Å². The Morgan fingerprint density at radius 1 is 0.812 bits per heavy atom. The number of hydrogen-bond donors (Lipinski definition) is 1. The summed E-state index contributed by atoms with van der Waals surface area (Å²) in [5.41, 5.74) is 2.12. The molecule has 0 spiro atoms. The van der Waals surface area contributed by atoms with E-state index >= 15 is 0 Å². The standard InChI is InChI=1S/C26H22N2O4/c1-18-17-22(28-32-18)27-25(29)24(21-15-9-4-10-16-21)31-26(30)23(19-11-5-2-6-12-19)20-13-7-3-8-14-20/h2-17,23-24H,1H3,(H,27,28,29). The van der Waals surface area contributed by atoms with Crippen molar-refractivity contribution in [3.8, 4) is 0 Å². The molecule has 4 aromatic rings. The summed E-state index contributed by atoms with van der Waals surface area (Å²) in [6, 6.07) is 29.2. The van der Waals surface area contributed by atoms with Gasteiger partial charge in [-0.1, -0.05) is 96.2 Å². The Hall–Kier alpha value is -4.19. The Morgan fingerprint density at radius 3 is 1.78 bits per heavy atom. The zero-order chi connectivity index (χ0) is 22.3. The first kappa shape index (κ1) is 21.1. The van der Waals surface area contributed by atoms with Gasteiger partial charge in [0.25, 0.3) is 5.91 Å². The summed E-state index contributed by atoms with van der Waals surface area (Å²) in [4.78, 5) is 26.5. The zero-order valence-electron chi connectivity index (χ0n) is 17.5. The molecule has 32 heavy (non-hydrogen) atoms. The molecule has 0 radical (unpaired) electrons. The lowest BCUT2D eigenvalue weighted by atomic mass is 9.91. The molecule has 1 unspecified atom stereocenters. The minimum absolute atomic E-state index is 0.257. The van der Waals surface area contributed by atoms with E-state index in [-0.39, 0.29) is 5.82 Å². The van der Waals surface area contributed by atoms with Crippen molar-refractivity contribution in [2.75, 3.05) is 5.32 Å². The predicted molar refractivity (Wildman–Crippen MR) is 120 cm³/mol. The fraction of sp³-hybridized carbons (Fsp3) is 0.115. The Kier molecular flexibility index (Phi) is 6.41. The van der Waals surface area contributed by atoms with E-state index in [1.54, 1.807) is 37.3 Å². The number of anilines is 1. The van der Waals surface area contributed by atoms with Crippen molar-refractivity contribution in [1.29, 1.82) is 0 Å². The van der Waals surface area contributed by atoms with Gasteiger partial charge in [-0.25, -0.2) is 0 Å². The van der Waals surface area contributed by atoms with Crippen LogP contribution in [0.2, 0.25) is 0 Å². The minimum atomic E-state index is -1.16. The van der Waals surface area contributed by atoms with E-state index in [0.717, 1.165) is 11.1 Å². The van der Waals surface area contributed by atoms with Crippen LogP contribution in [0.25, 0.3) is 0 Å². The van der Waals surface area contributed by atoms with Crippen molar-refractivity contribution < 1.29 is 18.8 Å². The Balaban J connectivity index is 1.65. The van der Waals surface area contributed by atoms with E-state index < -0.39 is 23.9 Å². The smallest absolute Gasteiger partial charge is 0.319 e. The van der Waals surface area contributed by atoms with Crippen molar-refractivity contribution >= 4 is 17.7 Å². The molecule has 1 N–H and O–H groups in total. The first-order chi connectivity index (χ1) is 15.6. The number of nitrogens with one attached hydrogen (secondary N) is 1. The lowest BCUT2D eigenvalue weighted by Gasteiger charge is -2.22. The number of ether oxygens (including phenoxy) is 1. The maximum Gasteiger partial charge on any atom is 0.319 e. The second-order valence-electron chi connectivity index (χ2n) is 7.29. The monoisotopic (exact) mass is 426 g/mol. The van der Waals surface area contributed by atoms with Crippen LogP contribution in [0, 0.1) is 6.92 Å². The molecule has 1 aromatic heterocycles. The largest absolute Gasteiger partial charge is 0.447 e. The van der Waals surface area contributed by atoms with Gasteiger partial charge in [-0.05, 0) is 18.1 Å². The number of benzene rings is 3.